The molecule has 1 rings (SSSR count). The van der Waals surface area contributed by atoms with Gasteiger partial charge in [-0.05, 0) is 20.1 Å². The highest BCUT2D eigenvalue weighted by molar-refractivity contribution is 7.99. The lowest BCUT2D eigenvalue weighted by molar-refractivity contribution is 0.178. The second kappa shape index (κ2) is 6.07. The quantitative estimate of drug-likeness (QED) is 0.808. The van der Waals surface area contributed by atoms with Crippen LogP contribution < -0.4 is 11.1 Å². The number of nitrogens with one attached hydrogen (secondary N) is 1. The molecule has 0 amide bonds. The van der Waals surface area contributed by atoms with Crippen LogP contribution in [0.4, 0.5) is 11.6 Å². The van der Waals surface area contributed by atoms with Crippen LogP contribution in [0.1, 0.15) is 19.7 Å². The van der Waals surface area contributed by atoms with Gasteiger partial charge in [-0.15, -0.1) is 0 Å². The Bertz CT molecular complexity index is 370. The largest absolute Gasteiger partial charge is 0.384 e. The fourth-order valence-corrected chi connectivity index (χ4v) is 1.39. The van der Waals surface area contributed by atoms with Crippen molar-refractivity contribution < 1.29 is 4.74 Å². The Morgan fingerprint density at radius 1 is 1.47 bits per heavy atom. The van der Waals surface area contributed by atoms with Crippen LogP contribution in [0.5, 0.6) is 0 Å². The summed E-state index contributed by atoms with van der Waals surface area (Å²) in [6.45, 7) is 5.53. The Hall–Kier alpha value is -1.01. The molecular weight excluding hydrogens is 236 g/mol. The molecule has 0 aliphatic rings. The minimum absolute atomic E-state index is 0.154. The number of thioether (sulfide) groups is 1. The molecule has 1 aromatic rings. The molecule has 0 unspecified atom stereocenters. The van der Waals surface area contributed by atoms with Gasteiger partial charge in [0.25, 0.3) is 0 Å². The van der Waals surface area contributed by atoms with Gasteiger partial charge >= 0.3 is 0 Å². The Morgan fingerprint density at radius 3 is 2.76 bits per heavy atom. The van der Waals surface area contributed by atoms with Crippen molar-refractivity contribution in [2.24, 2.45) is 0 Å². The van der Waals surface area contributed by atoms with E-state index >= 15 is 0 Å². The van der Waals surface area contributed by atoms with E-state index in [0.717, 1.165) is 12.4 Å². The molecule has 6 heteroatoms. The SMILES string of the molecule is COCc1nc(N)cc(NCC(C)(C)SC)n1. The molecule has 0 atom stereocenters. The summed E-state index contributed by atoms with van der Waals surface area (Å²) in [6, 6.07) is 1.73. The number of hydrogen-bond donors (Lipinski definition) is 2. The van der Waals surface area contributed by atoms with Crippen molar-refractivity contribution in [1.82, 2.24) is 9.97 Å². The van der Waals surface area contributed by atoms with Crippen LogP contribution in [0, 0.1) is 0 Å². The Balaban J connectivity index is 2.70. The van der Waals surface area contributed by atoms with E-state index in [0.29, 0.717) is 18.2 Å². The van der Waals surface area contributed by atoms with Crippen molar-refractivity contribution in [2.75, 3.05) is 31.0 Å². The second-order valence-electron chi connectivity index (χ2n) is 4.34. The van der Waals surface area contributed by atoms with Crippen molar-refractivity contribution in [1.29, 1.82) is 0 Å². The zero-order chi connectivity index (χ0) is 12.9. The molecular formula is C11H20N4OS. The smallest absolute Gasteiger partial charge is 0.158 e. The first kappa shape index (κ1) is 14.1. The summed E-state index contributed by atoms with van der Waals surface area (Å²) in [7, 11) is 1.61. The number of nitrogens with two attached hydrogens (primary N) is 1. The van der Waals surface area contributed by atoms with Gasteiger partial charge in [-0.2, -0.15) is 11.8 Å². The van der Waals surface area contributed by atoms with Crippen LogP contribution in [-0.4, -0.2) is 34.6 Å². The lowest BCUT2D eigenvalue weighted by Crippen LogP contribution is -2.26. The van der Waals surface area contributed by atoms with Gasteiger partial charge in [-0.3, -0.25) is 0 Å². The molecule has 5 nitrogen and oxygen atoms in total. The standard InChI is InChI=1S/C11H20N4OS/c1-11(2,17-4)7-13-9-5-8(12)14-10(15-9)6-16-3/h5H,6-7H2,1-4H3,(H3,12,13,14,15). The maximum absolute atomic E-state index is 5.71. The fourth-order valence-electron chi connectivity index (χ4n) is 1.18. The molecule has 0 fully saturated rings. The zero-order valence-corrected chi connectivity index (χ0v) is 11.6. The first-order valence-electron chi connectivity index (χ1n) is 5.38. The molecule has 0 saturated carbocycles. The maximum Gasteiger partial charge on any atom is 0.158 e. The number of aromatic nitrogens is 2. The summed E-state index contributed by atoms with van der Waals surface area (Å²) < 4.78 is 5.15. The van der Waals surface area contributed by atoms with E-state index in [9.17, 15) is 0 Å². The van der Waals surface area contributed by atoms with Gasteiger partial charge in [0.2, 0.25) is 0 Å². The van der Waals surface area contributed by atoms with E-state index in [1.54, 1.807) is 24.9 Å². The molecule has 0 aliphatic carbocycles. The number of hydrogen-bond acceptors (Lipinski definition) is 6. The molecule has 17 heavy (non-hydrogen) atoms. The average Bonchev–Trinajstić information content (AvgIpc) is 2.26. The summed E-state index contributed by atoms with van der Waals surface area (Å²) in [6.07, 6.45) is 2.09. The van der Waals surface area contributed by atoms with E-state index < -0.39 is 0 Å². The van der Waals surface area contributed by atoms with Gasteiger partial charge in [0.05, 0.1) is 0 Å². The second-order valence-corrected chi connectivity index (χ2v) is 5.86. The summed E-state index contributed by atoms with van der Waals surface area (Å²) in [5, 5.41) is 3.27. The van der Waals surface area contributed by atoms with Gasteiger partial charge in [0.15, 0.2) is 5.82 Å². The normalized spacial score (nSPS) is 11.5. The minimum Gasteiger partial charge on any atom is -0.384 e. The Morgan fingerprint density at radius 2 is 2.18 bits per heavy atom. The van der Waals surface area contributed by atoms with Crippen molar-refractivity contribution in [3.8, 4) is 0 Å². The summed E-state index contributed by atoms with van der Waals surface area (Å²) in [4.78, 5) is 8.41. The summed E-state index contributed by atoms with van der Waals surface area (Å²) >= 11 is 1.80. The maximum atomic E-state index is 5.71. The monoisotopic (exact) mass is 256 g/mol. The summed E-state index contributed by atoms with van der Waals surface area (Å²) in [5.74, 6) is 1.79. The lowest BCUT2D eigenvalue weighted by Gasteiger charge is -2.22. The highest BCUT2D eigenvalue weighted by Gasteiger charge is 2.15. The summed E-state index contributed by atoms with van der Waals surface area (Å²) in [5.41, 5.74) is 5.71. The molecule has 96 valence electrons. The van der Waals surface area contributed by atoms with Crippen molar-refractivity contribution >= 4 is 23.4 Å². The minimum atomic E-state index is 0.154. The molecule has 0 aliphatic heterocycles. The van der Waals surface area contributed by atoms with E-state index in [1.807, 2.05) is 0 Å². The molecule has 3 N–H and O–H groups in total. The molecule has 1 heterocycles. The average molecular weight is 256 g/mol. The molecule has 0 radical (unpaired) electrons. The third kappa shape index (κ3) is 4.79. The Labute approximate surface area is 107 Å². The molecule has 0 saturated heterocycles. The first-order valence-corrected chi connectivity index (χ1v) is 6.61. The van der Waals surface area contributed by atoms with E-state index in [4.69, 9.17) is 10.5 Å². The number of nitrogen functional groups attached to an aromatic ring is 1. The molecule has 0 bridgehead atoms. The molecule has 1 aromatic heterocycles. The number of ether oxygens (including phenoxy) is 1. The van der Waals surface area contributed by atoms with Gasteiger partial charge in [-0.25, -0.2) is 9.97 Å². The van der Waals surface area contributed by atoms with Crippen LogP contribution in [0.3, 0.4) is 0 Å². The first-order chi connectivity index (χ1) is 7.96. The highest BCUT2D eigenvalue weighted by atomic mass is 32.2. The van der Waals surface area contributed by atoms with Crippen molar-refractivity contribution in [3.05, 3.63) is 11.9 Å². The number of nitrogens with zero attached hydrogens (tertiary/aromatic N) is 2. The zero-order valence-electron chi connectivity index (χ0n) is 10.8. The number of rotatable bonds is 6. The van der Waals surface area contributed by atoms with Gasteiger partial charge < -0.3 is 15.8 Å². The third-order valence-corrected chi connectivity index (χ3v) is 3.56. The lowest BCUT2D eigenvalue weighted by atomic mass is 10.2. The van der Waals surface area contributed by atoms with E-state index in [2.05, 4.69) is 35.4 Å². The fraction of sp³-hybridized carbons (Fsp3) is 0.636. The molecule has 0 aromatic carbocycles. The Kier molecular flexibility index (Phi) is 5.02. The van der Waals surface area contributed by atoms with Crippen LogP contribution >= 0.6 is 11.8 Å². The van der Waals surface area contributed by atoms with Crippen LogP contribution in [0.15, 0.2) is 6.07 Å². The third-order valence-electron chi connectivity index (χ3n) is 2.31. The van der Waals surface area contributed by atoms with E-state index in [-0.39, 0.29) is 4.75 Å². The number of methoxy groups -OCH3 is 1. The van der Waals surface area contributed by atoms with Gasteiger partial charge in [-0.1, -0.05) is 0 Å². The molecule has 0 spiro atoms. The van der Waals surface area contributed by atoms with Crippen molar-refractivity contribution in [2.45, 2.75) is 25.2 Å². The van der Waals surface area contributed by atoms with Gasteiger partial charge in [0, 0.05) is 24.5 Å². The van der Waals surface area contributed by atoms with E-state index in [1.165, 1.54) is 0 Å². The van der Waals surface area contributed by atoms with Crippen LogP contribution in [-0.2, 0) is 11.3 Å². The van der Waals surface area contributed by atoms with Crippen LogP contribution in [0.2, 0.25) is 0 Å². The van der Waals surface area contributed by atoms with Crippen LogP contribution in [0.25, 0.3) is 0 Å². The highest BCUT2D eigenvalue weighted by Crippen LogP contribution is 2.21. The number of anilines is 2. The predicted molar refractivity (Wildman–Crippen MR) is 73.2 cm³/mol. The topological polar surface area (TPSA) is 73.1 Å². The van der Waals surface area contributed by atoms with Gasteiger partial charge in [0.1, 0.15) is 18.2 Å². The predicted octanol–water partition coefficient (Wildman–Crippen LogP) is 1.76. The van der Waals surface area contributed by atoms with Crippen molar-refractivity contribution in [3.63, 3.8) is 0 Å².